The van der Waals surface area contributed by atoms with E-state index < -0.39 is 36.7 Å². The lowest BCUT2D eigenvalue weighted by molar-refractivity contribution is -0.287. The fourth-order valence-corrected chi connectivity index (χ4v) is 1.29. The van der Waals surface area contributed by atoms with Crippen molar-refractivity contribution in [3.8, 4) is 0 Å². The summed E-state index contributed by atoms with van der Waals surface area (Å²) in [6.07, 6.45) is -6.41. The van der Waals surface area contributed by atoms with Crippen LogP contribution in [0.25, 0.3) is 0 Å². The average molecular weight is 234 g/mol. The third-order valence-corrected chi connectivity index (χ3v) is 2.24. The molecule has 16 heavy (non-hydrogen) atoms. The maximum absolute atomic E-state index is 10.7. The van der Waals surface area contributed by atoms with Gasteiger partial charge in [-0.25, -0.2) is 4.79 Å². The Bertz CT molecular complexity index is 267. The van der Waals surface area contributed by atoms with E-state index in [2.05, 4.69) is 11.3 Å². The van der Waals surface area contributed by atoms with Crippen LogP contribution in [0.3, 0.4) is 0 Å². The van der Waals surface area contributed by atoms with Gasteiger partial charge in [-0.1, -0.05) is 6.58 Å². The molecule has 0 unspecified atom stereocenters. The molecule has 5 atom stereocenters. The van der Waals surface area contributed by atoms with Crippen molar-refractivity contribution in [1.82, 2.24) is 0 Å². The second kappa shape index (κ2) is 5.37. The normalized spacial score (nSPS) is 39.1. The highest BCUT2D eigenvalue weighted by Gasteiger charge is 2.43. The van der Waals surface area contributed by atoms with Crippen molar-refractivity contribution in [3.05, 3.63) is 12.7 Å². The van der Waals surface area contributed by atoms with Crippen LogP contribution in [-0.2, 0) is 14.3 Å². The summed E-state index contributed by atoms with van der Waals surface area (Å²) >= 11 is 0. The van der Waals surface area contributed by atoms with E-state index in [1.54, 1.807) is 0 Å². The van der Waals surface area contributed by atoms with Crippen molar-refractivity contribution >= 4 is 5.97 Å². The molecule has 7 heteroatoms. The number of ether oxygens (including phenoxy) is 2. The molecule has 1 rings (SSSR count). The fraction of sp³-hybridized carbons (Fsp3) is 0.667. The van der Waals surface area contributed by atoms with Crippen LogP contribution in [0.15, 0.2) is 12.7 Å². The molecule has 0 aromatic carbocycles. The first kappa shape index (κ1) is 13.1. The molecule has 1 aliphatic heterocycles. The van der Waals surface area contributed by atoms with Crippen LogP contribution in [0, 0.1) is 0 Å². The van der Waals surface area contributed by atoms with Gasteiger partial charge in [0, 0.05) is 6.08 Å². The quantitative estimate of drug-likeness (QED) is 0.315. The Kier molecular flexibility index (Phi) is 4.39. The minimum absolute atomic E-state index is 0.354. The second-order valence-electron chi connectivity index (χ2n) is 3.37. The fourth-order valence-electron chi connectivity index (χ4n) is 1.29. The number of hydrogen-bond donors (Lipinski definition) is 4. The second-order valence-corrected chi connectivity index (χ2v) is 3.37. The summed E-state index contributed by atoms with van der Waals surface area (Å²) in [5, 5.41) is 37.1. The van der Waals surface area contributed by atoms with E-state index in [0.29, 0.717) is 0 Å². The minimum Gasteiger partial charge on any atom is -0.460 e. The summed E-state index contributed by atoms with van der Waals surface area (Å²) in [7, 11) is 0. The first-order valence-corrected chi connectivity index (χ1v) is 4.64. The number of aliphatic hydroxyl groups excluding tert-OH is 4. The van der Waals surface area contributed by atoms with E-state index in [0.717, 1.165) is 6.08 Å². The van der Waals surface area contributed by atoms with Gasteiger partial charge in [0.25, 0.3) is 0 Å². The van der Waals surface area contributed by atoms with Crippen molar-refractivity contribution < 1.29 is 34.7 Å². The first-order chi connectivity index (χ1) is 7.47. The lowest BCUT2D eigenvalue weighted by Gasteiger charge is -2.37. The van der Waals surface area contributed by atoms with Crippen molar-refractivity contribution in [1.29, 1.82) is 0 Å². The van der Waals surface area contributed by atoms with E-state index in [9.17, 15) is 15.0 Å². The Balaban J connectivity index is 2.53. The predicted molar refractivity (Wildman–Crippen MR) is 50.1 cm³/mol. The third-order valence-electron chi connectivity index (χ3n) is 2.24. The molecule has 0 aromatic heterocycles. The van der Waals surface area contributed by atoms with E-state index in [1.165, 1.54) is 0 Å². The van der Waals surface area contributed by atoms with E-state index in [4.69, 9.17) is 14.9 Å². The summed E-state index contributed by atoms with van der Waals surface area (Å²) in [5.74, 6) is -0.717. The van der Waals surface area contributed by atoms with Gasteiger partial charge in [-0.2, -0.15) is 0 Å². The Morgan fingerprint density at radius 3 is 2.44 bits per heavy atom. The molecule has 0 radical (unpaired) electrons. The first-order valence-electron chi connectivity index (χ1n) is 4.64. The molecule has 0 bridgehead atoms. The zero-order chi connectivity index (χ0) is 12.3. The van der Waals surface area contributed by atoms with Gasteiger partial charge in [0.2, 0.25) is 0 Å². The largest absolute Gasteiger partial charge is 0.460 e. The van der Waals surface area contributed by atoms with Gasteiger partial charge in [-0.15, -0.1) is 0 Å². The van der Waals surface area contributed by atoms with Crippen molar-refractivity contribution in [2.75, 3.05) is 6.61 Å². The zero-order valence-corrected chi connectivity index (χ0v) is 8.39. The van der Waals surface area contributed by atoms with E-state index in [1.807, 2.05) is 0 Å². The van der Waals surface area contributed by atoms with Crippen molar-refractivity contribution in [2.24, 2.45) is 0 Å². The standard InChI is InChI=1S/C9H14O7/c1-2-5(10)15-3-4-6(11)7(12)8(13)9(14)16-4/h2,4,6-9,11-14H,1,3H2/t4-,6-,7+,8-,9-/m1/s1. The lowest BCUT2D eigenvalue weighted by Crippen LogP contribution is -2.58. The highest BCUT2D eigenvalue weighted by molar-refractivity contribution is 5.81. The van der Waals surface area contributed by atoms with Crippen molar-refractivity contribution in [3.63, 3.8) is 0 Å². The van der Waals surface area contributed by atoms with Gasteiger partial charge in [0.15, 0.2) is 6.29 Å². The van der Waals surface area contributed by atoms with Gasteiger partial charge in [0.1, 0.15) is 31.0 Å². The molecule has 4 N–H and O–H groups in total. The molecular formula is C9H14O7. The Morgan fingerprint density at radius 1 is 1.25 bits per heavy atom. The summed E-state index contributed by atoms with van der Waals surface area (Å²) in [6, 6.07) is 0. The van der Waals surface area contributed by atoms with Gasteiger partial charge < -0.3 is 29.9 Å². The van der Waals surface area contributed by atoms with Gasteiger partial charge >= 0.3 is 5.97 Å². The number of rotatable bonds is 3. The highest BCUT2D eigenvalue weighted by Crippen LogP contribution is 2.19. The third kappa shape index (κ3) is 2.77. The predicted octanol–water partition coefficient (Wildman–Crippen LogP) is -2.48. The SMILES string of the molecule is C=CC(=O)OC[C@H]1O[C@@H](O)[C@H](O)[C@@H](O)[C@@H]1O. The number of hydrogen-bond acceptors (Lipinski definition) is 7. The molecule has 0 aliphatic carbocycles. The van der Waals surface area contributed by atoms with Crippen LogP contribution in [0.4, 0.5) is 0 Å². The summed E-state index contributed by atoms with van der Waals surface area (Å²) in [4.78, 5) is 10.7. The topological polar surface area (TPSA) is 116 Å². The molecular weight excluding hydrogens is 220 g/mol. The molecule has 1 saturated heterocycles. The monoisotopic (exact) mass is 234 g/mol. The van der Waals surface area contributed by atoms with Crippen LogP contribution in [0.2, 0.25) is 0 Å². The van der Waals surface area contributed by atoms with Crippen LogP contribution < -0.4 is 0 Å². The molecule has 1 fully saturated rings. The minimum atomic E-state index is -1.63. The molecule has 0 saturated carbocycles. The average Bonchev–Trinajstić information content (AvgIpc) is 2.28. The molecule has 0 amide bonds. The number of carbonyl (C=O) groups is 1. The molecule has 1 aliphatic rings. The molecule has 0 aromatic rings. The lowest BCUT2D eigenvalue weighted by atomic mass is 9.99. The molecule has 92 valence electrons. The smallest absolute Gasteiger partial charge is 0.330 e. The van der Waals surface area contributed by atoms with Crippen LogP contribution in [0.5, 0.6) is 0 Å². The Labute approximate surface area is 91.5 Å². The number of esters is 1. The summed E-state index contributed by atoms with van der Waals surface area (Å²) < 4.78 is 9.35. The molecule has 7 nitrogen and oxygen atoms in total. The maximum Gasteiger partial charge on any atom is 0.330 e. The summed E-state index contributed by atoms with van der Waals surface area (Å²) in [6.45, 7) is 2.81. The Hall–Kier alpha value is -0.990. The number of aliphatic hydroxyl groups is 4. The Morgan fingerprint density at radius 2 is 1.88 bits per heavy atom. The van der Waals surface area contributed by atoms with E-state index >= 15 is 0 Å². The van der Waals surface area contributed by atoms with Gasteiger partial charge in [0.05, 0.1) is 0 Å². The molecule has 0 spiro atoms. The summed E-state index contributed by atoms with van der Waals surface area (Å²) in [5.41, 5.74) is 0. The maximum atomic E-state index is 10.7. The van der Waals surface area contributed by atoms with E-state index in [-0.39, 0.29) is 6.61 Å². The highest BCUT2D eigenvalue weighted by atomic mass is 16.6. The van der Waals surface area contributed by atoms with Crippen LogP contribution in [-0.4, -0.2) is 63.7 Å². The van der Waals surface area contributed by atoms with Crippen molar-refractivity contribution in [2.45, 2.75) is 30.7 Å². The number of carbonyl (C=O) groups excluding carboxylic acids is 1. The van der Waals surface area contributed by atoms with Gasteiger partial charge in [-0.3, -0.25) is 0 Å². The zero-order valence-electron chi connectivity index (χ0n) is 8.39. The van der Waals surface area contributed by atoms with Crippen LogP contribution in [0.1, 0.15) is 0 Å². The molecule has 1 heterocycles. The van der Waals surface area contributed by atoms with Gasteiger partial charge in [-0.05, 0) is 0 Å². The van der Waals surface area contributed by atoms with Crippen LogP contribution >= 0.6 is 0 Å².